The van der Waals surface area contributed by atoms with E-state index in [9.17, 15) is 9.90 Å². The number of carbonyl (C=O) groups is 1. The first-order valence-corrected chi connectivity index (χ1v) is 10.4. The van der Waals surface area contributed by atoms with Crippen molar-refractivity contribution >= 4 is 23.6 Å². The topological polar surface area (TPSA) is 71.0 Å². The molecule has 7 heteroatoms. The highest BCUT2D eigenvalue weighted by Gasteiger charge is 2.32. The highest BCUT2D eigenvalue weighted by molar-refractivity contribution is 6.30. The lowest BCUT2D eigenvalue weighted by Gasteiger charge is -2.38. The molecule has 2 fully saturated rings. The Morgan fingerprint density at radius 2 is 2.11 bits per heavy atom. The summed E-state index contributed by atoms with van der Waals surface area (Å²) in [5, 5.41) is 14.1. The number of halogens is 1. The van der Waals surface area contributed by atoms with Crippen molar-refractivity contribution in [2.45, 2.75) is 31.4 Å². The Bertz CT molecular complexity index is 748. The van der Waals surface area contributed by atoms with Crippen molar-refractivity contribution in [3.05, 3.63) is 34.4 Å². The number of ether oxygens (including phenoxy) is 2. The fraction of sp³-hybridized carbons (Fsp3) is 0.571. The summed E-state index contributed by atoms with van der Waals surface area (Å²) >= 11 is 6.09. The molecule has 3 heterocycles. The summed E-state index contributed by atoms with van der Waals surface area (Å²) in [6, 6.07) is 5.39. The molecule has 2 saturated heterocycles. The third kappa shape index (κ3) is 4.69. The molecule has 0 aromatic heterocycles. The predicted octanol–water partition coefficient (Wildman–Crippen LogP) is 2.09. The number of amides is 1. The van der Waals surface area contributed by atoms with Crippen LogP contribution < -0.4 is 10.1 Å². The molecule has 3 aliphatic heterocycles. The number of aliphatic hydroxyl groups excluding tert-OH is 1. The predicted molar refractivity (Wildman–Crippen MR) is 107 cm³/mol. The summed E-state index contributed by atoms with van der Waals surface area (Å²) in [4.78, 5) is 14.8. The number of hydrogen-bond donors (Lipinski definition) is 2. The Morgan fingerprint density at radius 1 is 1.29 bits per heavy atom. The Hall–Kier alpha value is -1.60. The van der Waals surface area contributed by atoms with Crippen molar-refractivity contribution in [1.82, 2.24) is 10.2 Å². The van der Waals surface area contributed by atoms with Gasteiger partial charge in [-0.1, -0.05) is 11.6 Å². The minimum atomic E-state index is -0.504. The van der Waals surface area contributed by atoms with Gasteiger partial charge in [-0.05, 0) is 49.1 Å². The summed E-state index contributed by atoms with van der Waals surface area (Å²) in [5.41, 5.74) is 2.16. The monoisotopic (exact) mass is 406 g/mol. The van der Waals surface area contributed by atoms with E-state index in [1.54, 1.807) is 0 Å². The van der Waals surface area contributed by atoms with Crippen LogP contribution in [0.3, 0.4) is 0 Å². The Kier molecular flexibility index (Phi) is 6.21. The first kappa shape index (κ1) is 19.7. The first-order valence-electron chi connectivity index (χ1n) is 9.99. The molecular formula is C21H27ClN2O4. The molecule has 0 aliphatic carbocycles. The van der Waals surface area contributed by atoms with Crippen LogP contribution in [0.2, 0.25) is 5.02 Å². The minimum absolute atomic E-state index is 0.00738. The second-order valence-electron chi connectivity index (χ2n) is 7.87. The maximum atomic E-state index is 12.5. The lowest BCUT2D eigenvalue weighted by Crippen LogP contribution is -2.56. The van der Waals surface area contributed by atoms with E-state index in [2.05, 4.69) is 16.3 Å². The molecule has 1 aromatic carbocycles. The zero-order chi connectivity index (χ0) is 19.5. The summed E-state index contributed by atoms with van der Waals surface area (Å²) in [6.07, 6.45) is 3.78. The zero-order valence-electron chi connectivity index (χ0n) is 15.9. The molecule has 0 spiro atoms. The molecule has 0 unspecified atom stereocenters. The van der Waals surface area contributed by atoms with Crippen LogP contribution in [0, 0.1) is 5.92 Å². The van der Waals surface area contributed by atoms with E-state index >= 15 is 0 Å². The molecule has 3 aliphatic rings. The van der Waals surface area contributed by atoms with Gasteiger partial charge >= 0.3 is 0 Å². The normalized spacial score (nSPS) is 26.1. The molecule has 28 heavy (non-hydrogen) atoms. The molecule has 0 bridgehead atoms. The van der Waals surface area contributed by atoms with Crippen molar-refractivity contribution < 1.29 is 19.4 Å². The van der Waals surface area contributed by atoms with E-state index in [1.165, 1.54) is 5.57 Å². The van der Waals surface area contributed by atoms with Gasteiger partial charge in [0.1, 0.15) is 12.4 Å². The van der Waals surface area contributed by atoms with Crippen LogP contribution in [0.5, 0.6) is 5.75 Å². The van der Waals surface area contributed by atoms with Crippen molar-refractivity contribution in [3.8, 4) is 5.75 Å². The quantitative estimate of drug-likeness (QED) is 0.801. The SMILES string of the molecule is O=C(N[C@@H]1CN(CC2=Cc3cc(Cl)ccc3OC2)CC[C@H]1O)C1CCOCC1. The van der Waals surface area contributed by atoms with Crippen molar-refractivity contribution in [3.63, 3.8) is 0 Å². The van der Waals surface area contributed by atoms with Crippen LogP contribution in [0.15, 0.2) is 23.8 Å². The maximum absolute atomic E-state index is 12.5. The van der Waals surface area contributed by atoms with Gasteiger partial charge in [-0.15, -0.1) is 0 Å². The fourth-order valence-electron chi connectivity index (χ4n) is 4.13. The lowest BCUT2D eigenvalue weighted by atomic mass is 9.96. The zero-order valence-corrected chi connectivity index (χ0v) is 16.7. The number of likely N-dealkylation sites (tertiary alicyclic amines) is 1. The average Bonchev–Trinajstić information content (AvgIpc) is 2.71. The van der Waals surface area contributed by atoms with Crippen molar-refractivity contribution in [2.24, 2.45) is 5.92 Å². The fourth-order valence-corrected chi connectivity index (χ4v) is 4.31. The standard InChI is InChI=1S/C21H27ClN2O4/c22-17-1-2-20-16(10-17)9-14(13-28-20)11-24-6-3-19(25)18(12-24)23-21(26)15-4-7-27-8-5-15/h1-2,9-10,15,18-19,25H,3-8,11-13H2,(H,23,26)/t18-,19-/m1/s1. The van der Waals surface area contributed by atoms with Gasteiger partial charge in [0.15, 0.2) is 0 Å². The number of nitrogens with zero attached hydrogens (tertiary/aromatic N) is 1. The number of piperidine rings is 1. The van der Waals surface area contributed by atoms with Crippen LogP contribution >= 0.6 is 11.6 Å². The lowest BCUT2D eigenvalue weighted by molar-refractivity contribution is -0.130. The summed E-state index contributed by atoms with van der Waals surface area (Å²) in [7, 11) is 0. The van der Waals surface area contributed by atoms with Gasteiger partial charge < -0.3 is 19.9 Å². The van der Waals surface area contributed by atoms with Gasteiger partial charge in [0.2, 0.25) is 5.91 Å². The molecule has 2 atom stereocenters. The number of aliphatic hydroxyl groups is 1. The van der Waals surface area contributed by atoms with Gasteiger partial charge in [-0.25, -0.2) is 0 Å². The Labute approximate surface area is 170 Å². The number of nitrogens with one attached hydrogen (secondary N) is 1. The Balaban J connectivity index is 1.36. The third-order valence-corrected chi connectivity index (χ3v) is 5.99. The summed E-state index contributed by atoms with van der Waals surface area (Å²) < 4.78 is 11.2. The highest BCUT2D eigenvalue weighted by atomic mass is 35.5. The first-order chi connectivity index (χ1) is 13.6. The molecule has 4 rings (SSSR count). The van der Waals surface area contributed by atoms with Crippen LogP contribution in [0.1, 0.15) is 24.8 Å². The van der Waals surface area contributed by atoms with Crippen LogP contribution in [0.25, 0.3) is 6.08 Å². The third-order valence-electron chi connectivity index (χ3n) is 5.75. The molecular weight excluding hydrogens is 380 g/mol. The van der Waals surface area contributed by atoms with E-state index in [0.717, 1.165) is 37.2 Å². The van der Waals surface area contributed by atoms with E-state index in [1.807, 2.05) is 18.2 Å². The number of fused-ring (bicyclic) bond motifs is 1. The smallest absolute Gasteiger partial charge is 0.223 e. The van der Waals surface area contributed by atoms with Gasteiger partial charge in [0.05, 0.1) is 12.1 Å². The molecule has 0 saturated carbocycles. The Morgan fingerprint density at radius 3 is 2.93 bits per heavy atom. The summed E-state index contributed by atoms with van der Waals surface area (Å²) in [6.45, 7) is 4.00. The van der Waals surface area contributed by atoms with Crippen molar-refractivity contribution in [2.75, 3.05) is 39.5 Å². The van der Waals surface area contributed by atoms with Crippen molar-refractivity contribution in [1.29, 1.82) is 0 Å². The van der Waals surface area contributed by atoms with Gasteiger partial charge in [-0.3, -0.25) is 9.69 Å². The number of hydrogen-bond acceptors (Lipinski definition) is 5. The summed E-state index contributed by atoms with van der Waals surface area (Å²) in [5.74, 6) is 0.883. The second kappa shape index (κ2) is 8.82. The molecule has 1 aromatic rings. The minimum Gasteiger partial charge on any atom is -0.489 e. The van der Waals surface area contributed by atoms with Crippen LogP contribution in [0.4, 0.5) is 0 Å². The average molecular weight is 407 g/mol. The van der Waals surface area contributed by atoms with E-state index in [0.29, 0.717) is 37.8 Å². The second-order valence-corrected chi connectivity index (χ2v) is 8.30. The van der Waals surface area contributed by atoms with Crippen LogP contribution in [-0.2, 0) is 9.53 Å². The van der Waals surface area contributed by atoms with Gasteiger partial charge in [-0.2, -0.15) is 0 Å². The molecule has 1 amide bonds. The number of benzene rings is 1. The number of rotatable bonds is 4. The number of carbonyl (C=O) groups excluding carboxylic acids is 1. The molecule has 0 radical (unpaired) electrons. The van der Waals surface area contributed by atoms with E-state index in [4.69, 9.17) is 21.1 Å². The van der Waals surface area contributed by atoms with E-state index < -0.39 is 6.10 Å². The molecule has 152 valence electrons. The highest BCUT2D eigenvalue weighted by Crippen LogP contribution is 2.29. The molecule has 2 N–H and O–H groups in total. The van der Waals surface area contributed by atoms with Crippen LogP contribution in [-0.4, -0.2) is 67.5 Å². The van der Waals surface area contributed by atoms with Gasteiger partial charge in [0, 0.05) is 49.4 Å². The van der Waals surface area contributed by atoms with Gasteiger partial charge in [0.25, 0.3) is 0 Å². The molecule has 6 nitrogen and oxygen atoms in total. The largest absolute Gasteiger partial charge is 0.489 e. The van der Waals surface area contributed by atoms with E-state index in [-0.39, 0.29) is 17.9 Å². The maximum Gasteiger partial charge on any atom is 0.223 e.